The Morgan fingerprint density at radius 1 is 1.21 bits per heavy atom. The summed E-state index contributed by atoms with van der Waals surface area (Å²) in [6, 6.07) is 11.3. The Balaban J connectivity index is 1.94. The molecule has 1 saturated heterocycles. The number of rotatable bonds is 12. The molecular formula is C30H36N6O3. The maximum absolute atomic E-state index is 13.6. The van der Waals surface area contributed by atoms with Gasteiger partial charge >= 0.3 is 0 Å². The summed E-state index contributed by atoms with van der Waals surface area (Å²) in [5.41, 5.74) is 4.64. The number of piperidine rings is 1. The molecule has 0 saturated carbocycles. The number of carbonyl (C=O) groups excluding carboxylic acids is 2. The van der Waals surface area contributed by atoms with Crippen molar-refractivity contribution in [1.29, 1.82) is 10.5 Å². The second-order valence-corrected chi connectivity index (χ2v) is 9.88. The molecule has 2 heterocycles. The average Bonchev–Trinajstić information content (AvgIpc) is 3.21. The number of unbranched alkanes of at least 4 members (excludes halogenated alkanes) is 1. The molecule has 1 aliphatic rings. The number of nitriles is 2. The van der Waals surface area contributed by atoms with Crippen LogP contribution >= 0.6 is 0 Å². The lowest BCUT2D eigenvalue weighted by Gasteiger charge is -2.28. The van der Waals surface area contributed by atoms with Crippen LogP contribution in [0.4, 0.5) is 5.69 Å². The fraction of sp³-hybridized carbons (Fsp3) is 0.433. The standard InChI is InChI=1S/C30H36N6O3/c1-21(6-11-28(39)34-15-5-4-14-31)18-26-30(33-3)29(27(38)20-35-16-12-25(37)13-17-35)22(2)36(26)24-9-7-23(19-32)8-10-24/h7-10,18,25,37H,3-6,11-13,15-17,20H2,1-2H3,(H,34,39)/b21-18+. The highest BCUT2D eigenvalue weighted by molar-refractivity contribution is 6.05. The third kappa shape index (κ3) is 7.73. The number of ketones is 1. The topological polar surface area (TPSA) is 135 Å². The highest BCUT2D eigenvalue weighted by atomic mass is 16.3. The van der Waals surface area contributed by atoms with Crippen molar-refractivity contribution in [2.75, 3.05) is 26.2 Å². The van der Waals surface area contributed by atoms with Crippen molar-refractivity contribution in [2.45, 2.75) is 58.5 Å². The van der Waals surface area contributed by atoms with Crippen LogP contribution in [0.25, 0.3) is 11.8 Å². The highest BCUT2D eigenvalue weighted by Gasteiger charge is 2.27. The van der Waals surface area contributed by atoms with Gasteiger partial charge in [0.15, 0.2) is 5.78 Å². The lowest BCUT2D eigenvalue weighted by molar-refractivity contribution is -0.121. The summed E-state index contributed by atoms with van der Waals surface area (Å²) < 4.78 is 1.95. The number of hydrogen-bond acceptors (Lipinski definition) is 7. The van der Waals surface area contributed by atoms with E-state index in [4.69, 9.17) is 5.26 Å². The minimum absolute atomic E-state index is 0.0669. The van der Waals surface area contributed by atoms with Crippen molar-refractivity contribution in [1.82, 2.24) is 14.8 Å². The Bertz CT molecular complexity index is 1300. The van der Waals surface area contributed by atoms with Gasteiger partial charge in [-0.05, 0) is 76.6 Å². The molecule has 39 heavy (non-hydrogen) atoms. The van der Waals surface area contributed by atoms with Crippen molar-refractivity contribution in [3.8, 4) is 17.8 Å². The predicted octanol–water partition coefficient (Wildman–Crippen LogP) is 4.23. The number of aromatic nitrogens is 1. The molecule has 0 spiro atoms. The quantitative estimate of drug-likeness (QED) is 0.240. The van der Waals surface area contributed by atoms with Gasteiger partial charge in [-0.1, -0.05) is 5.57 Å². The minimum Gasteiger partial charge on any atom is -0.393 e. The fourth-order valence-corrected chi connectivity index (χ4v) is 4.80. The van der Waals surface area contributed by atoms with E-state index in [0.29, 0.717) is 80.7 Å². The van der Waals surface area contributed by atoms with Gasteiger partial charge in [0.05, 0.1) is 47.3 Å². The average molecular weight is 529 g/mol. The number of allylic oxidation sites excluding steroid dienone is 1. The van der Waals surface area contributed by atoms with Crippen LogP contribution in [0.15, 0.2) is 34.8 Å². The van der Waals surface area contributed by atoms with Gasteiger partial charge in [0.2, 0.25) is 5.91 Å². The molecule has 0 bridgehead atoms. The van der Waals surface area contributed by atoms with Gasteiger partial charge in [-0.3, -0.25) is 19.5 Å². The van der Waals surface area contributed by atoms with Gasteiger partial charge in [0.1, 0.15) is 0 Å². The SMILES string of the molecule is C=Nc1c(C(=O)CN2CCC(O)CC2)c(C)n(-c2ccc(C#N)cc2)c1/C=C(\C)CCC(=O)NCCCC#N. The van der Waals surface area contributed by atoms with Crippen molar-refractivity contribution >= 4 is 30.2 Å². The first-order valence-electron chi connectivity index (χ1n) is 13.3. The van der Waals surface area contributed by atoms with E-state index >= 15 is 0 Å². The molecule has 3 rings (SSSR count). The van der Waals surface area contributed by atoms with Crippen LogP contribution in [0, 0.1) is 29.6 Å². The van der Waals surface area contributed by atoms with Crippen molar-refractivity contribution < 1.29 is 14.7 Å². The molecule has 0 unspecified atom stereocenters. The Kier molecular flexibility index (Phi) is 10.7. The second-order valence-electron chi connectivity index (χ2n) is 9.88. The number of hydrogen-bond donors (Lipinski definition) is 2. The summed E-state index contributed by atoms with van der Waals surface area (Å²) in [5.74, 6) is -0.147. The van der Waals surface area contributed by atoms with Crippen LogP contribution in [0.3, 0.4) is 0 Å². The predicted molar refractivity (Wildman–Crippen MR) is 151 cm³/mol. The first-order chi connectivity index (χ1) is 18.8. The van der Waals surface area contributed by atoms with E-state index in [9.17, 15) is 20.0 Å². The molecule has 1 aromatic carbocycles. The Morgan fingerprint density at radius 3 is 2.51 bits per heavy atom. The number of amides is 1. The van der Waals surface area contributed by atoms with E-state index in [0.717, 1.165) is 17.0 Å². The lowest BCUT2D eigenvalue weighted by Crippen LogP contribution is -2.39. The number of aliphatic hydroxyl groups is 1. The third-order valence-corrected chi connectivity index (χ3v) is 6.95. The summed E-state index contributed by atoms with van der Waals surface area (Å²) in [5, 5.41) is 30.5. The van der Waals surface area contributed by atoms with Crippen LogP contribution < -0.4 is 5.32 Å². The number of nitrogens with zero attached hydrogens (tertiary/aromatic N) is 5. The second kappa shape index (κ2) is 14.2. The number of aliphatic imine (C=N–C) groups is 1. The van der Waals surface area contributed by atoms with Gasteiger partial charge in [-0.2, -0.15) is 10.5 Å². The maximum Gasteiger partial charge on any atom is 0.220 e. The summed E-state index contributed by atoms with van der Waals surface area (Å²) in [6.07, 6.45) is 4.74. The smallest absolute Gasteiger partial charge is 0.220 e. The van der Waals surface area contributed by atoms with Crippen molar-refractivity contribution in [2.24, 2.45) is 4.99 Å². The van der Waals surface area contributed by atoms with Crippen molar-refractivity contribution in [3.63, 3.8) is 0 Å². The number of carbonyl (C=O) groups is 2. The zero-order valence-corrected chi connectivity index (χ0v) is 22.7. The molecule has 0 radical (unpaired) electrons. The normalized spacial score (nSPS) is 14.4. The fourth-order valence-electron chi connectivity index (χ4n) is 4.80. The molecule has 204 valence electrons. The molecule has 2 N–H and O–H groups in total. The van der Waals surface area contributed by atoms with Crippen LogP contribution in [0.2, 0.25) is 0 Å². The van der Waals surface area contributed by atoms with Gasteiger partial charge in [-0.15, -0.1) is 0 Å². The molecule has 1 aromatic heterocycles. The summed E-state index contributed by atoms with van der Waals surface area (Å²) in [6.45, 7) is 9.59. The van der Waals surface area contributed by atoms with Crippen LogP contribution in [-0.2, 0) is 4.79 Å². The molecular weight excluding hydrogens is 492 g/mol. The number of benzene rings is 1. The molecule has 0 atom stereocenters. The Labute approximate surface area is 230 Å². The molecule has 9 nitrogen and oxygen atoms in total. The van der Waals surface area contributed by atoms with Gasteiger partial charge in [-0.25, -0.2) is 0 Å². The van der Waals surface area contributed by atoms with Crippen LogP contribution in [-0.4, -0.2) is 65.3 Å². The molecule has 1 fully saturated rings. The maximum atomic E-state index is 13.6. The van der Waals surface area contributed by atoms with Gasteiger partial charge < -0.3 is 15.0 Å². The summed E-state index contributed by atoms with van der Waals surface area (Å²) in [7, 11) is 0. The van der Waals surface area contributed by atoms with E-state index in [1.54, 1.807) is 12.1 Å². The monoisotopic (exact) mass is 528 g/mol. The van der Waals surface area contributed by atoms with Crippen LogP contribution in [0.5, 0.6) is 0 Å². The zero-order valence-electron chi connectivity index (χ0n) is 22.7. The molecule has 2 aromatic rings. The molecule has 1 amide bonds. The van der Waals surface area contributed by atoms with Crippen LogP contribution in [0.1, 0.15) is 72.8 Å². The highest BCUT2D eigenvalue weighted by Crippen LogP contribution is 2.36. The number of aliphatic hydroxyl groups excluding tert-OH is 1. The van der Waals surface area contributed by atoms with Gasteiger partial charge in [0, 0.05) is 43.9 Å². The molecule has 9 heteroatoms. The Hall–Kier alpha value is -4.05. The first kappa shape index (κ1) is 29.5. The zero-order chi connectivity index (χ0) is 28.4. The largest absolute Gasteiger partial charge is 0.393 e. The van der Waals surface area contributed by atoms with E-state index in [1.807, 2.05) is 36.6 Å². The Morgan fingerprint density at radius 2 is 1.90 bits per heavy atom. The first-order valence-corrected chi connectivity index (χ1v) is 13.3. The molecule has 0 aliphatic carbocycles. The van der Waals surface area contributed by atoms with Gasteiger partial charge in [0.25, 0.3) is 0 Å². The van der Waals surface area contributed by atoms with Crippen molar-refractivity contribution in [3.05, 3.63) is 52.4 Å². The third-order valence-electron chi connectivity index (χ3n) is 6.95. The number of likely N-dealkylation sites (tertiary alicyclic amines) is 1. The van der Waals surface area contributed by atoms with E-state index < -0.39 is 0 Å². The summed E-state index contributed by atoms with van der Waals surface area (Å²) in [4.78, 5) is 32.2. The number of nitrogens with one attached hydrogen (secondary N) is 1. The number of Topliss-reactive ketones (excluding diaryl/α,β-unsaturated/α-hetero) is 1. The minimum atomic E-state index is -0.319. The van der Waals surface area contributed by atoms with E-state index in [-0.39, 0.29) is 24.3 Å². The lowest BCUT2D eigenvalue weighted by atomic mass is 10.0. The molecule has 1 aliphatic heterocycles. The van der Waals surface area contributed by atoms with E-state index in [1.165, 1.54) is 0 Å². The summed E-state index contributed by atoms with van der Waals surface area (Å²) >= 11 is 0. The van der Waals surface area contributed by atoms with E-state index in [2.05, 4.69) is 34.1 Å².